The second-order valence-electron chi connectivity index (χ2n) is 14.9. The van der Waals surface area contributed by atoms with E-state index >= 15 is 0 Å². The van der Waals surface area contributed by atoms with Gasteiger partial charge >= 0.3 is 45.5 Å². The van der Waals surface area contributed by atoms with Crippen LogP contribution < -0.4 is 25.7 Å². The first-order valence-electron chi connectivity index (χ1n) is 20.1. The average Bonchev–Trinajstić information content (AvgIpc) is 3.22. The summed E-state index contributed by atoms with van der Waals surface area (Å²) in [5.41, 5.74) is 15.3. The number of benzene rings is 3. The Kier molecular flexibility index (Phi) is 30.1. The van der Waals surface area contributed by atoms with Crippen LogP contribution in [-0.4, -0.2) is 121 Å². The molecule has 0 aromatic heterocycles. The molecule has 3 heterocycles. The Hall–Kier alpha value is -3.37. The van der Waals surface area contributed by atoms with Crippen LogP contribution >= 0.6 is 0 Å². The number of para-hydroxylation sites is 3. The van der Waals surface area contributed by atoms with Gasteiger partial charge in [0.2, 0.25) is 17.4 Å². The van der Waals surface area contributed by atoms with Gasteiger partial charge in [0.1, 0.15) is 17.2 Å². The summed E-state index contributed by atoms with van der Waals surface area (Å²) in [6.45, 7) is 25.4. The predicted molar refractivity (Wildman–Crippen MR) is 260 cm³/mol. The molecule has 0 amide bonds. The van der Waals surface area contributed by atoms with E-state index in [0.717, 1.165) is 45.6 Å². The standard InChI is InChI=1S/C24H28N2O4.C11H12O3.C6H15N.C2H8N2.3CH4.Mg.H2O4S/c1-23(2)27-15-19-9-5-7-17(21(19)29-23)13-25-11-12-26-14-18-8-6-10-20-16-28-24(3,4)30-22(18)20;1-11(2)13-7-9-5-3-4-8(6-12)10(9)14-11;1-4-7(5-2)6-3;3-1-2-4;;;;;1-4-5(2)3/h5-10,13-14H,11-12,15-16H2,1-4H3;3-6H,7H2,1-2H3;4-6H2,1-3H3;1-4H2;3*1H4;;1H,(H,2,3). The number of hydrogen-bond donors (Lipinski definition) is 4. The van der Waals surface area contributed by atoms with Crippen LogP contribution in [0.15, 0.2) is 64.6 Å². The molecule has 0 saturated heterocycles. The number of carbonyl (C=O) groups excluding carboxylic acids is 1. The third-order valence-electron chi connectivity index (χ3n) is 8.72. The van der Waals surface area contributed by atoms with E-state index in [1.807, 2.05) is 103 Å². The zero-order valence-electron chi connectivity index (χ0n) is 37.2. The van der Waals surface area contributed by atoms with Gasteiger partial charge in [-0.05, 0) is 37.8 Å². The summed E-state index contributed by atoms with van der Waals surface area (Å²) in [7, 11) is -3.33. The van der Waals surface area contributed by atoms with Crippen molar-refractivity contribution >= 4 is 45.8 Å². The van der Waals surface area contributed by atoms with Gasteiger partial charge in [0.05, 0.1) is 38.5 Å². The molecule has 1 unspecified atom stereocenters. The van der Waals surface area contributed by atoms with Crippen LogP contribution in [0, 0.1) is 0 Å². The predicted octanol–water partition coefficient (Wildman–Crippen LogP) is 8.05. The molecular weight excluding hydrogens is 855 g/mol. The minimum absolute atomic E-state index is 0. The molecule has 3 aromatic rings. The number of fused-ring (bicyclic) bond motifs is 3. The van der Waals surface area contributed by atoms with Gasteiger partial charge in [-0.15, -0.1) is 0 Å². The third-order valence-corrected chi connectivity index (χ3v) is 9.27. The molecule has 0 spiro atoms. The Balaban J connectivity index is 0. The van der Waals surface area contributed by atoms with Gasteiger partial charge in [-0.1, -0.05) is 79.4 Å². The minimum atomic E-state index is -3.33. The summed E-state index contributed by atoms with van der Waals surface area (Å²) in [5, 5.41) is 7.38. The fourth-order valence-electron chi connectivity index (χ4n) is 5.52. The SMILES string of the molecule is C.C.C.CC1(C)OCc2cccc(C=NCCN=Cc3cccc4c3OC(C)(C)OC4)c2O1.CC1(C)OCc2cccc(C=O)c2O1.CCN(CC)CC.NCCN.O=[S](O)(=[Mg])OO. The second kappa shape index (κ2) is 30.8. The van der Waals surface area contributed by atoms with Gasteiger partial charge in [-0.3, -0.25) is 14.8 Å². The summed E-state index contributed by atoms with van der Waals surface area (Å²) >= 11 is 0.671. The molecule has 0 radical (unpaired) electrons. The molecule has 1 atom stereocenters. The summed E-state index contributed by atoms with van der Waals surface area (Å²) < 4.78 is 55.0. The molecule has 64 heavy (non-hydrogen) atoms. The molecule has 0 fully saturated rings. The first-order chi connectivity index (χ1) is 28.8. The van der Waals surface area contributed by atoms with E-state index in [1.165, 1.54) is 19.6 Å². The quantitative estimate of drug-likeness (QED) is 0.0357. The number of nitrogens with two attached hydrogens (primary N) is 2. The van der Waals surface area contributed by atoms with Crippen molar-refractivity contribution in [2.45, 2.75) is 122 Å². The number of hydrogen-bond acceptors (Lipinski definition) is 15. The fraction of sp³-hybridized carbons (Fsp3) is 0.543. The molecule has 3 aromatic carbocycles. The van der Waals surface area contributed by atoms with Crippen molar-refractivity contribution in [3.05, 3.63) is 88.0 Å². The van der Waals surface area contributed by atoms with Gasteiger partial charge in [-0.2, -0.15) is 0 Å². The van der Waals surface area contributed by atoms with Crippen molar-refractivity contribution in [1.82, 2.24) is 4.90 Å². The molecule has 6 rings (SSSR count). The van der Waals surface area contributed by atoms with Crippen molar-refractivity contribution < 1.29 is 51.6 Å². The molecule has 0 bridgehead atoms. The van der Waals surface area contributed by atoms with Crippen LogP contribution in [0.25, 0.3) is 0 Å². The van der Waals surface area contributed by atoms with E-state index in [1.54, 1.807) is 6.07 Å². The van der Waals surface area contributed by atoms with Crippen molar-refractivity contribution in [1.29, 1.82) is 0 Å². The van der Waals surface area contributed by atoms with Gasteiger partial charge in [0, 0.05) is 94.9 Å². The Bertz CT molecular complexity index is 1890. The Morgan fingerprint density at radius 1 is 0.672 bits per heavy atom. The Labute approximate surface area is 394 Å². The van der Waals surface area contributed by atoms with Crippen LogP contribution in [0.2, 0.25) is 0 Å². The van der Waals surface area contributed by atoms with E-state index < -0.39 is 24.7 Å². The Morgan fingerprint density at radius 2 is 0.969 bits per heavy atom. The van der Waals surface area contributed by atoms with E-state index in [0.29, 0.717) is 77.1 Å². The van der Waals surface area contributed by atoms with Crippen LogP contribution in [-0.2, 0) is 45.7 Å². The normalized spacial score (nSPS) is 16.4. The van der Waals surface area contributed by atoms with Gasteiger partial charge in [-0.25, -0.2) is 0 Å². The van der Waals surface area contributed by atoms with Crippen molar-refractivity contribution in [2.24, 2.45) is 21.5 Å². The maximum atomic E-state index is 10.8. The number of rotatable bonds is 11. The van der Waals surface area contributed by atoms with Crippen molar-refractivity contribution in [3.8, 4) is 17.2 Å². The van der Waals surface area contributed by atoms with Crippen LogP contribution in [0.4, 0.5) is 0 Å². The zero-order valence-corrected chi connectivity index (χ0v) is 39.4. The third kappa shape index (κ3) is 22.7. The Morgan fingerprint density at radius 3 is 1.22 bits per heavy atom. The van der Waals surface area contributed by atoms with E-state index in [2.05, 4.69) is 40.0 Å². The zero-order chi connectivity index (χ0) is 45.7. The van der Waals surface area contributed by atoms with Gasteiger partial charge in [0.15, 0.2) is 6.29 Å². The molecule has 16 nitrogen and oxygen atoms in total. The van der Waals surface area contributed by atoms with E-state index in [4.69, 9.17) is 49.7 Å². The summed E-state index contributed by atoms with van der Waals surface area (Å²) in [6.07, 6.45) is 4.51. The van der Waals surface area contributed by atoms with Gasteiger partial charge < -0.3 is 44.8 Å². The fourth-order valence-corrected chi connectivity index (χ4v) is 5.52. The molecular formula is C46H77MgN5O11S. The number of ether oxygens (including phenoxy) is 6. The number of nitrogens with zero attached hydrogens (tertiary/aromatic N) is 3. The molecule has 3 aliphatic heterocycles. The molecule has 0 saturated carbocycles. The van der Waals surface area contributed by atoms with Crippen molar-refractivity contribution in [2.75, 3.05) is 45.8 Å². The number of aldehydes is 1. The molecule has 3 aliphatic rings. The average molecular weight is 933 g/mol. The topological polar surface area (TPSA) is 219 Å². The van der Waals surface area contributed by atoms with Gasteiger partial charge in [0.25, 0.3) is 0 Å². The van der Waals surface area contributed by atoms with Crippen LogP contribution in [0.1, 0.15) is 123 Å². The first-order valence-corrected chi connectivity index (χ1v) is 23.5. The van der Waals surface area contributed by atoms with E-state index in [9.17, 15) is 9.00 Å². The summed E-state index contributed by atoms with van der Waals surface area (Å²) in [4.78, 5) is 22.2. The summed E-state index contributed by atoms with van der Waals surface area (Å²) in [5.74, 6) is 0.443. The maximum absolute atomic E-state index is 10.8. The number of carbonyl (C=O) groups is 1. The summed E-state index contributed by atoms with van der Waals surface area (Å²) in [6, 6.07) is 17.5. The monoisotopic (exact) mass is 932 g/mol. The van der Waals surface area contributed by atoms with Crippen LogP contribution in [0.3, 0.4) is 0 Å². The second-order valence-corrected chi connectivity index (χ2v) is 18.4. The first kappa shape index (κ1) is 62.7. The van der Waals surface area contributed by atoms with Crippen molar-refractivity contribution in [3.63, 3.8) is 0 Å². The molecule has 360 valence electrons. The molecule has 18 heteroatoms. The van der Waals surface area contributed by atoms with Crippen LogP contribution in [0.5, 0.6) is 17.2 Å². The van der Waals surface area contributed by atoms with E-state index in [-0.39, 0.29) is 22.3 Å². The molecule has 0 aliphatic carbocycles. The molecule has 6 N–H and O–H groups in total. The number of aliphatic imine (C=N–C) groups is 2.